The van der Waals surface area contributed by atoms with Gasteiger partial charge in [-0.25, -0.2) is 9.18 Å². The van der Waals surface area contributed by atoms with Crippen molar-refractivity contribution in [1.82, 2.24) is 14.3 Å². The Hall–Kier alpha value is -3.68. The Morgan fingerprint density at radius 3 is 2.71 bits per heavy atom. The minimum Gasteiger partial charge on any atom is -0.459 e. The number of furan rings is 1. The number of hydrogen-bond donors (Lipinski definition) is 0. The van der Waals surface area contributed by atoms with E-state index in [9.17, 15) is 14.0 Å². The van der Waals surface area contributed by atoms with Crippen LogP contribution in [0.3, 0.4) is 0 Å². The van der Waals surface area contributed by atoms with Crippen molar-refractivity contribution in [3.05, 3.63) is 82.0 Å². The number of hydrogen-bond acceptors (Lipinski definition) is 5. The fourth-order valence-electron chi connectivity index (χ4n) is 3.18. The Kier molecular flexibility index (Phi) is 4.31. The number of nitrogens with zero attached hydrogens (tertiary/aromatic N) is 3. The van der Waals surface area contributed by atoms with Crippen LogP contribution in [-0.4, -0.2) is 20.1 Å². The summed E-state index contributed by atoms with van der Waals surface area (Å²) in [7, 11) is 0. The van der Waals surface area contributed by atoms with Gasteiger partial charge in [0.15, 0.2) is 11.5 Å². The van der Waals surface area contributed by atoms with Gasteiger partial charge in [-0.2, -0.15) is 4.68 Å². The van der Waals surface area contributed by atoms with Gasteiger partial charge >= 0.3 is 5.76 Å². The third-order valence-corrected chi connectivity index (χ3v) is 4.43. The maximum atomic E-state index is 13.6. The van der Waals surface area contributed by atoms with Gasteiger partial charge < -0.3 is 13.4 Å². The minimum atomic E-state index is -0.751. The molecule has 8 heteroatoms. The van der Waals surface area contributed by atoms with Crippen LogP contribution in [0, 0.1) is 19.7 Å². The van der Waals surface area contributed by atoms with Crippen molar-refractivity contribution in [2.45, 2.75) is 20.4 Å². The Morgan fingerprint density at radius 2 is 2.00 bits per heavy atom. The summed E-state index contributed by atoms with van der Waals surface area (Å²) in [6.07, 6.45) is 1.43. The van der Waals surface area contributed by atoms with Gasteiger partial charge in [0.25, 0.3) is 5.89 Å². The number of benzene rings is 1. The molecule has 7 nitrogen and oxygen atoms in total. The number of rotatable bonds is 5. The Labute approximate surface area is 158 Å². The molecule has 4 rings (SSSR count). The summed E-state index contributed by atoms with van der Waals surface area (Å²) in [5.41, 5.74) is 2.47. The SMILES string of the molecule is Cc1cc(C(=O)Cn2nc(-c3ccco3)oc2=O)c(C)n1-c1cccc(F)c1. The van der Waals surface area contributed by atoms with E-state index in [4.69, 9.17) is 8.83 Å². The molecule has 0 bridgehead atoms. The first-order valence-electron chi connectivity index (χ1n) is 8.54. The van der Waals surface area contributed by atoms with Crippen molar-refractivity contribution in [3.63, 3.8) is 0 Å². The molecular formula is C20H16FN3O4. The molecule has 4 aromatic rings. The van der Waals surface area contributed by atoms with E-state index in [0.717, 1.165) is 10.4 Å². The molecule has 0 N–H and O–H groups in total. The minimum absolute atomic E-state index is 0.00744. The number of aryl methyl sites for hydroxylation is 1. The lowest BCUT2D eigenvalue weighted by Crippen LogP contribution is -2.21. The Balaban J connectivity index is 1.65. The van der Waals surface area contributed by atoms with E-state index < -0.39 is 5.76 Å². The summed E-state index contributed by atoms with van der Waals surface area (Å²) < 4.78 is 26.5. The Bertz CT molecular complexity index is 1210. The maximum Gasteiger partial charge on any atom is 0.437 e. The first kappa shape index (κ1) is 17.7. The van der Waals surface area contributed by atoms with Crippen molar-refractivity contribution in [1.29, 1.82) is 0 Å². The van der Waals surface area contributed by atoms with Gasteiger partial charge in [0, 0.05) is 22.6 Å². The molecule has 0 atom stereocenters. The third kappa shape index (κ3) is 3.09. The molecule has 1 aromatic carbocycles. The summed E-state index contributed by atoms with van der Waals surface area (Å²) in [5, 5.41) is 4.01. The van der Waals surface area contributed by atoms with Gasteiger partial charge in [-0.05, 0) is 50.2 Å². The predicted molar refractivity (Wildman–Crippen MR) is 98.0 cm³/mol. The molecule has 0 radical (unpaired) electrons. The molecule has 0 aliphatic carbocycles. The van der Waals surface area contributed by atoms with Crippen molar-refractivity contribution in [3.8, 4) is 17.3 Å². The fraction of sp³-hybridized carbons (Fsp3) is 0.150. The van der Waals surface area contributed by atoms with Gasteiger partial charge in [0.1, 0.15) is 12.4 Å². The van der Waals surface area contributed by atoms with Gasteiger partial charge in [0.05, 0.1) is 6.26 Å². The number of aromatic nitrogens is 3. The van der Waals surface area contributed by atoms with Crippen LogP contribution in [0.1, 0.15) is 21.7 Å². The third-order valence-electron chi connectivity index (χ3n) is 4.43. The molecule has 0 unspecified atom stereocenters. The van der Waals surface area contributed by atoms with Crippen molar-refractivity contribution in [2.24, 2.45) is 0 Å². The van der Waals surface area contributed by atoms with E-state index in [2.05, 4.69) is 5.10 Å². The molecule has 28 heavy (non-hydrogen) atoms. The zero-order valence-corrected chi connectivity index (χ0v) is 15.2. The van der Waals surface area contributed by atoms with Gasteiger partial charge in [-0.3, -0.25) is 4.79 Å². The van der Waals surface area contributed by atoms with Gasteiger partial charge in [-0.15, -0.1) is 5.10 Å². The molecule has 0 fully saturated rings. The second kappa shape index (κ2) is 6.80. The number of halogens is 1. The summed E-state index contributed by atoms with van der Waals surface area (Å²) in [6.45, 7) is 3.31. The smallest absolute Gasteiger partial charge is 0.437 e. The highest BCUT2D eigenvalue weighted by atomic mass is 19.1. The van der Waals surface area contributed by atoms with Crippen molar-refractivity contribution < 1.29 is 18.0 Å². The summed E-state index contributed by atoms with van der Waals surface area (Å²) in [4.78, 5) is 24.8. The summed E-state index contributed by atoms with van der Waals surface area (Å²) >= 11 is 0. The predicted octanol–water partition coefficient (Wildman–Crippen LogP) is 3.53. The van der Waals surface area contributed by atoms with Crippen LogP contribution in [0.2, 0.25) is 0 Å². The first-order chi connectivity index (χ1) is 13.4. The van der Waals surface area contributed by atoms with Crippen LogP contribution in [0.25, 0.3) is 17.3 Å². The molecule has 3 heterocycles. The summed E-state index contributed by atoms with van der Waals surface area (Å²) in [5.74, 6) is -1.12. The largest absolute Gasteiger partial charge is 0.459 e. The molecule has 0 saturated heterocycles. The van der Waals surface area contributed by atoms with Crippen molar-refractivity contribution in [2.75, 3.05) is 0 Å². The maximum absolute atomic E-state index is 13.6. The van der Waals surface area contributed by atoms with Crippen LogP contribution in [-0.2, 0) is 6.54 Å². The molecule has 0 saturated carbocycles. The average Bonchev–Trinajstić information content (AvgIpc) is 3.36. The highest BCUT2D eigenvalue weighted by Crippen LogP contribution is 2.22. The Morgan fingerprint density at radius 1 is 1.18 bits per heavy atom. The zero-order chi connectivity index (χ0) is 19.8. The number of Topliss-reactive ketones (excluding diaryl/α,β-unsaturated/α-hetero) is 1. The van der Waals surface area contributed by atoms with E-state index >= 15 is 0 Å². The van der Waals surface area contributed by atoms with E-state index in [0.29, 0.717) is 22.7 Å². The molecule has 0 spiro atoms. The lowest BCUT2D eigenvalue weighted by molar-refractivity contribution is 0.0964. The van der Waals surface area contributed by atoms with Crippen LogP contribution in [0.4, 0.5) is 4.39 Å². The lowest BCUT2D eigenvalue weighted by atomic mass is 10.1. The zero-order valence-electron chi connectivity index (χ0n) is 15.2. The number of carbonyl (C=O) groups is 1. The quantitative estimate of drug-likeness (QED) is 0.494. The van der Waals surface area contributed by atoms with Gasteiger partial charge in [-0.1, -0.05) is 6.07 Å². The van der Waals surface area contributed by atoms with E-state index in [1.54, 1.807) is 41.8 Å². The van der Waals surface area contributed by atoms with Crippen LogP contribution in [0.5, 0.6) is 0 Å². The lowest BCUT2D eigenvalue weighted by Gasteiger charge is -2.09. The number of carbonyl (C=O) groups excluding carboxylic acids is 1. The second-order valence-corrected chi connectivity index (χ2v) is 6.33. The first-order valence-corrected chi connectivity index (χ1v) is 8.54. The van der Waals surface area contributed by atoms with Gasteiger partial charge in [0.2, 0.25) is 0 Å². The summed E-state index contributed by atoms with van der Waals surface area (Å²) in [6, 6.07) is 11.1. The van der Waals surface area contributed by atoms with E-state index in [-0.39, 0.29) is 24.0 Å². The monoisotopic (exact) mass is 381 g/mol. The molecule has 3 aromatic heterocycles. The van der Waals surface area contributed by atoms with Crippen LogP contribution >= 0.6 is 0 Å². The highest BCUT2D eigenvalue weighted by molar-refractivity contribution is 5.97. The molecular weight excluding hydrogens is 365 g/mol. The van der Waals surface area contributed by atoms with Crippen molar-refractivity contribution >= 4 is 5.78 Å². The molecule has 0 aliphatic rings. The molecule has 142 valence electrons. The number of ketones is 1. The molecule has 0 aliphatic heterocycles. The normalized spacial score (nSPS) is 11.1. The van der Waals surface area contributed by atoms with Crippen LogP contribution < -0.4 is 5.76 Å². The average molecular weight is 381 g/mol. The van der Waals surface area contributed by atoms with E-state index in [1.807, 2.05) is 6.92 Å². The van der Waals surface area contributed by atoms with E-state index in [1.165, 1.54) is 18.4 Å². The molecule has 0 amide bonds. The van der Waals surface area contributed by atoms with Crippen LogP contribution in [0.15, 0.2) is 62.4 Å². The second-order valence-electron chi connectivity index (χ2n) is 6.33. The topological polar surface area (TPSA) is 83.2 Å². The highest BCUT2D eigenvalue weighted by Gasteiger charge is 2.20. The standard InChI is InChI=1S/C20H16FN3O4/c1-12-9-16(13(2)24(12)15-6-3-5-14(21)10-15)17(25)11-23-20(26)28-19(22-23)18-7-4-8-27-18/h3-10H,11H2,1-2H3. The fourth-order valence-corrected chi connectivity index (χ4v) is 3.18.